The van der Waals surface area contributed by atoms with Gasteiger partial charge in [0.15, 0.2) is 0 Å². The Bertz CT molecular complexity index is 1960. The minimum atomic E-state index is -1.14. The molecule has 0 aliphatic heterocycles. The first kappa shape index (κ1) is 25.1. The van der Waals surface area contributed by atoms with E-state index < -0.39 is 11.9 Å². The van der Waals surface area contributed by atoms with Gasteiger partial charge >= 0.3 is 11.9 Å². The third-order valence-electron chi connectivity index (χ3n) is 6.72. The third-order valence-corrected chi connectivity index (χ3v) is 7.82. The maximum atomic E-state index is 11.9. The highest BCUT2D eigenvalue weighted by Gasteiger charge is 2.16. The summed E-state index contributed by atoms with van der Waals surface area (Å²) >= 11 is 1.72. The van der Waals surface area contributed by atoms with Gasteiger partial charge in [-0.3, -0.25) is 9.97 Å². The number of carboxylic acid groups (broad SMARTS) is 2. The fraction of sp³-hybridized carbons (Fsp3) is 0.0645. The van der Waals surface area contributed by atoms with Gasteiger partial charge in [0.25, 0.3) is 0 Å². The quantitative estimate of drug-likeness (QED) is 0.236. The number of benzene rings is 1. The van der Waals surface area contributed by atoms with E-state index in [0.717, 1.165) is 27.7 Å². The number of rotatable bonds is 6. The van der Waals surface area contributed by atoms with E-state index in [-0.39, 0.29) is 22.5 Å². The molecular formula is C31H22N4O4S. The Kier molecular flexibility index (Phi) is 6.20. The Morgan fingerprint density at radius 2 is 1.43 bits per heavy atom. The average molecular weight is 547 g/mol. The summed E-state index contributed by atoms with van der Waals surface area (Å²) in [6, 6.07) is 20.1. The van der Waals surface area contributed by atoms with Crippen LogP contribution < -0.4 is 0 Å². The second kappa shape index (κ2) is 9.87. The van der Waals surface area contributed by atoms with Crippen LogP contribution in [0.1, 0.15) is 26.3 Å². The number of hydrogen-bond donors (Lipinski definition) is 2. The molecule has 0 atom stereocenters. The lowest BCUT2D eigenvalue weighted by Gasteiger charge is -2.09. The summed E-state index contributed by atoms with van der Waals surface area (Å²) in [4.78, 5) is 37.9. The second-order valence-electron chi connectivity index (χ2n) is 9.45. The average Bonchev–Trinajstić information content (AvgIpc) is 3.55. The number of pyridine rings is 3. The molecule has 0 fully saturated rings. The van der Waals surface area contributed by atoms with Crippen LogP contribution in [0.3, 0.4) is 0 Å². The number of carboxylic acids is 2. The zero-order valence-corrected chi connectivity index (χ0v) is 22.3. The molecule has 9 heteroatoms. The minimum absolute atomic E-state index is 0.00400. The molecule has 0 bridgehead atoms. The summed E-state index contributed by atoms with van der Waals surface area (Å²) < 4.78 is 2.13. The number of fused-ring (bicyclic) bond motifs is 1. The molecule has 0 aliphatic rings. The number of aromatic carboxylic acids is 2. The lowest BCUT2D eigenvalue weighted by molar-refractivity contribution is 0.0686. The summed E-state index contributed by atoms with van der Waals surface area (Å²) in [5, 5.41) is 22.4. The maximum absolute atomic E-state index is 11.9. The van der Waals surface area contributed by atoms with Gasteiger partial charge in [-0.1, -0.05) is 12.1 Å². The van der Waals surface area contributed by atoms with Gasteiger partial charge in [0.1, 0.15) is 0 Å². The maximum Gasteiger partial charge on any atom is 0.335 e. The normalized spacial score (nSPS) is 11.2. The van der Waals surface area contributed by atoms with E-state index in [1.54, 1.807) is 17.5 Å². The summed E-state index contributed by atoms with van der Waals surface area (Å²) in [5.41, 5.74) is 6.72. The molecule has 6 rings (SSSR count). The zero-order chi connectivity index (χ0) is 28.0. The van der Waals surface area contributed by atoms with Crippen molar-refractivity contribution >= 4 is 34.2 Å². The van der Waals surface area contributed by atoms with E-state index in [2.05, 4.69) is 62.2 Å². The van der Waals surface area contributed by atoms with Crippen molar-refractivity contribution in [2.45, 2.75) is 6.92 Å². The Balaban J connectivity index is 1.43. The molecule has 0 aliphatic carbocycles. The molecule has 6 aromatic rings. The fourth-order valence-corrected chi connectivity index (χ4v) is 5.59. The van der Waals surface area contributed by atoms with Gasteiger partial charge in [-0.05, 0) is 78.0 Å². The van der Waals surface area contributed by atoms with Crippen molar-refractivity contribution in [1.82, 2.24) is 19.5 Å². The van der Waals surface area contributed by atoms with Crippen LogP contribution >= 0.6 is 11.3 Å². The largest absolute Gasteiger partial charge is 0.478 e. The first-order valence-electron chi connectivity index (χ1n) is 12.3. The van der Waals surface area contributed by atoms with E-state index in [1.807, 2.05) is 19.2 Å². The van der Waals surface area contributed by atoms with E-state index >= 15 is 0 Å². The van der Waals surface area contributed by atoms with Gasteiger partial charge in [0.2, 0.25) is 0 Å². The molecule has 196 valence electrons. The predicted molar refractivity (Wildman–Crippen MR) is 155 cm³/mol. The van der Waals surface area contributed by atoms with Crippen LogP contribution in [0, 0.1) is 6.92 Å². The summed E-state index contributed by atoms with van der Waals surface area (Å²) in [6.45, 7) is 2.09. The molecular weight excluding hydrogens is 524 g/mol. The Hall–Kier alpha value is -5.15. The molecule has 5 aromatic heterocycles. The molecule has 40 heavy (non-hydrogen) atoms. The van der Waals surface area contributed by atoms with Crippen molar-refractivity contribution in [3.63, 3.8) is 0 Å². The lowest BCUT2D eigenvalue weighted by Crippen LogP contribution is -2.02. The minimum Gasteiger partial charge on any atom is -0.478 e. The number of aromatic nitrogens is 4. The smallest absolute Gasteiger partial charge is 0.335 e. The van der Waals surface area contributed by atoms with Crippen molar-refractivity contribution in [3.05, 3.63) is 101 Å². The molecule has 0 amide bonds. The van der Waals surface area contributed by atoms with E-state index in [0.29, 0.717) is 11.4 Å². The molecule has 1 aromatic carbocycles. The van der Waals surface area contributed by atoms with Gasteiger partial charge in [0, 0.05) is 46.5 Å². The van der Waals surface area contributed by atoms with Gasteiger partial charge in [0.05, 0.1) is 33.9 Å². The Morgan fingerprint density at radius 1 is 0.750 bits per heavy atom. The number of nitrogens with zero attached hydrogens (tertiary/aromatic N) is 4. The number of aryl methyl sites for hydroxylation is 2. The van der Waals surface area contributed by atoms with Crippen LogP contribution in [0.2, 0.25) is 0 Å². The summed E-state index contributed by atoms with van der Waals surface area (Å²) in [5.74, 6) is -2.25. The first-order chi connectivity index (χ1) is 19.3. The van der Waals surface area contributed by atoms with Gasteiger partial charge in [-0.2, -0.15) is 0 Å². The monoisotopic (exact) mass is 546 g/mol. The molecule has 0 saturated carbocycles. The molecule has 0 saturated heterocycles. The van der Waals surface area contributed by atoms with Crippen LogP contribution in [0.15, 0.2) is 84.5 Å². The van der Waals surface area contributed by atoms with Crippen LogP contribution in [0.4, 0.5) is 0 Å². The van der Waals surface area contributed by atoms with Gasteiger partial charge in [-0.15, -0.1) is 11.3 Å². The highest BCUT2D eigenvalue weighted by Crippen LogP contribution is 2.34. The topological polar surface area (TPSA) is 118 Å². The molecule has 0 unspecified atom stereocenters. The Morgan fingerprint density at radius 3 is 2.10 bits per heavy atom. The van der Waals surface area contributed by atoms with Crippen LogP contribution in [-0.2, 0) is 7.05 Å². The molecule has 0 radical (unpaired) electrons. The van der Waals surface area contributed by atoms with Gasteiger partial charge < -0.3 is 14.8 Å². The summed E-state index contributed by atoms with van der Waals surface area (Å²) in [7, 11) is 2.02. The van der Waals surface area contributed by atoms with Crippen LogP contribution in [0.5, 0.6) is 0 Å². The standard InChI is InChI=1S/C31H22N4O4S/c1-17-9-29(40-16-17)20-4-3-18-14-27(35(2)28(18)15-20)19-5-7-32-23(10-19)25-12-22(31(38)39)13-26(34-25)24-11-21(30(36)37)6-8-33-24/h3-16H,1-2H3,(H,36,37)(H,38,39). The third kappa shape index (κ3) is 4.63. The van der Waals surface area contributed by atoms with Crippen molar-refractivity contribution in [2.75, 3.05) is 0 Å². The Labute approximate surface area is 232 Å². The SMILES string of the molecule is Cc1csc(-c2ccc3cc(-c4ccnc(-c5cc(C(=O)O)cc(-c6cc(C(=O)O)ccn6)n5)c4)n(C)c3c2)c1. The fourth-order valence-electron chi connectivity index (χ4n) is 4.69. The van der Waals surface area contributed by atoms with Crippen molar-refractivity contribution in [3.8, 4) is 44.5 Å². The molecule has 2 N–H and O–H groups in total. The van der Waals surface area contributed by atoms with E-state index in [1.165, 1.54) is 40.9 Å². The van der Waals surface area contributed by atoms with Crippen molar-refractivity contribution in [1.29, 1.82) is 0 Å². The molecule has 8 nitrogen and oxygen atoms in total. The van der Waals surface area contributed by atoms with Crippen molar-refractivity contribution < 1.29 is 19.8 Å². The van der Waals surface area contributed by atoms with Crippen molar-refractivity contribution in [2.24, 2.45) is 7.05 Å². The zero-order valence-electron chi connectivity index (χ0n) is 21.5. The van der Waals surface area contributed by atoms with Crippen LogP contribution in [-0.4, -0.2) is 41.7 Å². The van der Waals surface area contributed by atoms with E-state index in [4.69, 9.17) is 0 Å². The number of hydrogen-bond acceptors (Lipinski definition) is 6. The van der Waals surface area contributed by atoms with Crippen LogP contribution in [0.25, 0.3) is 55.4 Å². The molecule has 5 heterocycles. The summed E-state index contributed by atoms with van der Waals surface area (Å²) in [6.07, 6.45) is 3.03. The second-order valence-corrected chi connectivity index (χ2v) is 10.4. The van der Waals surface area contributed by atoms with Gasteiger partial charge in [-0.25, -0.2) is 14.6 Å². The first-order valence-corrected chi connectivity index (χ1v) is 13.2. The van der Waals surface area contributed by atoms with E-state index in [9.17, 15) is 19.8 Å². The number of thiophene rings is 1. The molecule has 0 spiro atoms. The highest BCUT2D eigenvalue weighted by atomic mass is 32.1. The predicted octanol–water partition coefficient (Wildman–Crippen LogP) is 6.80. The number of carbonyl (C=O) groups is 2. The lowest BCUT2D eigenvalue weighted by atomic mass is 10.1. The highest BCUT2D eigenvalue weighted by molar-refractivity contribution is 7.13.